The summed E-state index contributed by atoms with van der Waals surface area (Å²) in [6, 6.07) is 0. The highest BCUT2D eigenvalue weighted by Crippen LogP contribution is 1.92. The van der Waals surface area contributed by atoms with E-state index in [-0.39, 0.29) is 31.3 Å². The van der Waals surface area contributed by atoms with E-state index in [0.29, 0.717) is 32.6 Å². The Labute approximate surface area is 118 Å². The van der Waals surface area contributed by atoms with Crippen LogP contribution in [0.4, 0.5) is 0 Å². The molecule has 0 heterocycles. The van der Waals surface area contributed by atoms with Gasteiger partial charge in [-0.2, -0.15) is 0 Å². The molecule has 0 bridgehead atoms. The number of carboxylic acids is 1. The summed E-state index contributed by atoms with van der Waals surface area (Å²) < 4.78 is 10.1. The van der Waals surface area contributed by atoms with E-state index in [4.69, 9.17) is 14.6 Å². The van der Waals surface area contributed by atoms with Crippen molar-refractivity contribution >= 4 is 17.8 Å². The van der Waals surface area contributed by atoms with Crippen LogP contribution in [0.2, 0.25) is 0 Å². The summed E-state index contributed by atoms with van der Waals surface area (Å²) in [7, 11) is 0. The second kappa shape index (κ2) is 12.4. The van der Waals surface area contributed by atoms with Gasteiger partial charge >= 0.3 is 11.9 Å². The monoisotopic (exact) mass is 289 g/mol. The Bertz CT molecular complexity index is 305. The van der Waals surface area contributed by atoms with E-state index in [1.165, 1.54) is 0 Å². The van der Waals surface area contributed by atoms with Crippen molar-refractivity contribution in [2.75, 3.05) is 26.4 Å². The van der Waals surface area contributed by atoms with Crippen molar-refractivity contribution in [1.29, 1.82) is 0 Å². The van der Waals surface area contributed by atoms with E-state index in [2.05, 4.69) is 5.32 Å². The van der Waals surface area contributed by atoms with Crippen LogP contribution >= 0.6 is 0 Å². The molecule has 0 unspecified atom stereocenters. The fourth-order valence-electron chi connectivity index (χ4n) is 1.30. The zero-order valence-corrected chi connectivity index (χ0v) is 11.9. The highest BCUT2D eigenvalue weighted by molar-refractivity contribution is 5.80. The van der Waals surface area contributed by atoms with Crippen molar-refractivity contribution in [2.24, 2.45) is 0 Å². The van der Waals surface area contributed by atoms with Gasteiger partial charge in [0.15, 0.2) is 0 Å². The minimum Gasteiger partial charge on any atom is -0.481 e. The largest absolute Gasteiger partial charge is 0.481 e. The summed E-state index contributed by atoms with van der Waals surface area (Å²) in [5, 5.41) is 11.0. The van der Waals surface area contributed by atoms with Crippen molar-refractivity contribution in [1.82, 2.24) is 5.32 Å². The average molecular weight is 289 g/mol. The molecule has 0 aromatic heterocycles. The fraction of sp³-hybridized carbons (Fsp3) is 0.769. The first-order chi connectivity index (χ1) is 9.56. The van der Waals surface area contributed by atoms with Gasteiger partial charge in [-0.3, -0.25) is 14.4 Å². The lowest BCUT2D eigenvalue weighted by Crippen LogP contribution is -2.25. The summed E-state index contributed by atoms with van der Waals surface area (Å²) in [6.07, 6.45) is 1.64. The molecule has 0 saturated heterocycles. The van der Waals surface area contributed by atoms with Crippen molar-refractivity contribution in [2.45, 2.75) is 39.0 Å². The molecule has 0 atom stereocenters. The first kappa shape index (κ1) is 18.4. The number of carbonyl (C=O) groups excluding carboxylic acids is 2. The highest BCUT2D eigenvalue weighted by atomic mass is 16.6. The number of aliphatic carboxylic acids is 1. The van der Waals surface area contributed by atoms with Gasteiger partial charge in [0.2, 0.25) is 5.91 Å². The second-order valence-corrected chi connectivity index (χ2v) is 4.18. The van der Waals surface area contributed by atoms with Crippen molar-refractivity contribution in [3.8, 4) is 0 Å². The maximum atomic E-state index is 11.1. The number of nitrogens with one attached hydrogen (secondary N) is 1. The number of rotatable bonds is 12. The van der Waals surface area contributed by atoms with Crippen molar-refractivity contribution < 1.29 is 29.0 Å². The van der Waals surface area contributed by atoms with Gasteiger partial charge in [-0.25, -0.2) is 0 Å². The molecule has 0 saturated carbocycles. The Balaban J connectivity index is 3.26. The van der Waals surface area contributed by atoms with Crippen LogP contribution < -0.4 is 5.32 Å². The lowest BCUT2D eigenvalue weighted by molar-refractivity contribution is -0.145. The summed E-state index contributed by atoms with van der Waals surface area (Å²) in [4.78, 5) is 32.4. The molecule has 0 aromatic carbocycles. The third kappa shape index (κ3) is 12.8. The van der Waals surface area contributed by atoms with Crippen LogP contribution in [0.15, 0.2) is 0 Å². The Hall–Kier alpha value is -1.63. The molecular formula is C13H23NO6. The summed E-state index contributed by atoms with van der Waals surface area (Å²) >= 11 is 0. The first-order valence-corrected chi connectivity index (χ1v) is 6.78. The lowest BCUT2D eigenvalue weighted by Gasteiger charge is -2.06. The van der Waals surface area contributed by atoms with Crippen LogP contribution in [0, 0.1) is 0 Å². The smallest absolute Gasteiger partial charge is 0.305 e. The summed E-state index contributed by atoms with van der Waals surface area (Å²) in [6.45, 7) is 3.37. The van der Waals surface area contributed by atoms with Crippen LogP contribution in [-0.4, -0.2) is 49.3 Å². The number of hydrogen-bond acceptors (Lipinski definition) is 5. The van der Waals surface area contributed by atoms with Crippen LogP contribution in [0.5, 0.6) is 0 Å². The molecule has 7 nitrogen and oxygen atoms in total. The molecule has 0 aliphatic carbocycles. The van der Waals surface area contributed by atoms with E-state index in [0.717, 1.165) is 6.42 Å². The van der Waals surface area contributed by atoms with Crippen molar-refractivity contribution in [3.05, 3.63) is 0 Å². The third-order valence-corrected chi connectivity index (χ3v) is 2.30. The molecule has 20 heavy (non-hydrogen) atoms. The molecule has 0 aliphatic rings. The SMILES string of the molecule is CCCC(=O)OCCOCCCNC(=O)CCC(=O)O. The predicted molar refractivity (Wildman–Crippen MR) is 71.2 cm³/mol. The number of carbonyl (C=O) groups is 3. The number of esters is 1. The Morgan fingerprint density at radius 2 is 1.80 bits per heavy atom. The van der Waals surface area contributed by atoms with E-state index in [1.54, 1.807) is 0 Å². The van der Waals surface area contributed by atoms with Crippen LogP contribution in [0.1, 0.15) is 39.0 Å². The summed E-state index contributed by atoms with van der Waals surface area (Å²) in [5.41, 5.74) is 0. The zero-order valence-electron chi connectivity index (χ0n) is 11.9. The van der Waals surface area contributed by atoms with Crippen LogP contribution in [0.3, 0.4) is 0 Å². The molecule has 116 valence electrons. The second-order valence-electron chi connectivity index (χ2n) is 4.18. The van der Waals surface area contributed by atoms with E-state index in [9.17, 15) is 14.4 Å². The molecule has 0 aromatic rings. The molecule has 1 amide bonds. The third-order valence-electron chi connectivity index (χ3n) is 2.30. The van der Waals surface area contributed by atoms with Gasteiger partial charge in [0.25, 0.3) is 0 Å². The maximum absolute atomic E-state index is 11.1. The van der Waals surface area contributed by atoms with E-state index in [1.807, 2.05) is 6.92 Å². The molecule has 7 heteroatoms. The average Bonchev–Trinajstić information content (AvgIpc) is 2.39. The topological polar surface area (TPSA) is 102 Å². The van der Waals surface area contributed by atoms with Gasteiger partial charge in [0.1, 0.15) is 6.61 Å². The van der Waals surface area contributed by atoms with Gasteiger partial charge in [-0.05, 0) is 12.8 Å². The van der Waals surface area contributed by atoms with Gasteiger partial charge in [-0.1, -0.05) is 6.92 Å². The van der Waals surface area contributed by atoms with Gasteiger partial charge in [0, 0.05) is 26.0 Å². The van der Waals surface area contributed by atoms with Crippen LogP contribution in [0.25, 0.3) is 0 Å². The molecule has 0 rings (SSSR count). The minimum absolute atomic E-state index is 0.0103. The molecule has 0 radical (unpaired) electrons. The van der Waals surface area contributed by atoms with Crippen molar-refractivity contribution in [3.63, 3.8) is 0 Å². The number of amides is 1. The first-order valence-electron chi connectivity index (χ1n) is 6.78. The zero-order chi connectivity index (χ0) is 15.2. The standard InChI is InChI=1S/C13H23NO6/c1-2-4-13(18)20-10-9-19-8-3-7-14-11(15)5-6-12(16)17/h2-10H2,1H3,(H,14,15)(H,16,17). The van der Waals surface area contributed by atoms with E-state index < -0.39 is 5.97 Å². The quantitative estimate of drug-likeness (QED) is 0.405. The molecule has 0 spiro atoms. The number of hydrogen-bond donors (Lipinski definition) is 2. The van der Waals surface area contributed by atoms with Gasteiger partial charge in [0.05, 0.1) is 13.0 Å². The Morgan fingerprint density at radius 3 is 2.45 bits per heavy atom. The lowest BCUT2D eigenvalue weighted by atomic mass is 10.3. The molecular weight excluding hydrogens is 266 g/mol. The number of ether oxygens (including phenoxy) is 2. The highest BCUT2D eigenvalue weighted by Gasteiger charge is 2.04. The van der Waals surface area contributed by atoms with Gasteiger partial charge < -0.3 is 19.9 Å². The molecule has 2 N–H and O–H groups in total. The predicted octanol–water partition coefficient (Wildman–Crippen LogP) is 0.717. The summed E-state index contributed by atoms with van der Waals surface area (Å²) in [5.74, 6) is -1.48. The number of carboxylic acid groups (broad SMARTS) is 1. The van der Waals surface area contributed by atoms with Crippen LogP contribution in [-0.2, 0) is 23.9 Å². The normalized spacial score (nSPS) is 10.1. The molecule has 0 aliphatic heterocycles. The van der Waals surface area contributed by atoms with Gasteiger partial charge in [-0.15, -0.1) is 0 Å². The maximum Gasteiger partial charge on any atom is 0.305 e. The molecule has 0 fully saturated rings. The Morgan fingerprint density at radius 1 is 1.05 bits per heavy atom. The Kier molecular flexibility index (Phi) is 11.4. The fourth-order valence-corrected chi connectivity index (χ4v) is 1.30. The minimum atomic E-state index is -0.985. The van der Waals surface area contributed by atoms with E-state index >= 15 is 0 Å².